The van der Waals surface area contributed by atoms with Gasteiger partial charge in [0.1, 0.15) is 0 Å². The van der Waals surface area contributed by atoms with Crippen molar-refractivity contribution in [3.8, 4) is 0 Å². The number of aliphatic hydroxyl groups is 1. The molecule has 41 heavy (non-hydrogen) atoms. The zero-order chi connectivity index (χ0) is 30.4. The van der Waals surface area contributed by atoms with E-state index in [9.17, 15) is 22.9 Å². The number of hydrogen-bond donors (Lipinski definition) is 3. The number of unbranched alkanes of at least 4 members (excludes halogenated alkanes) is 11. The molecule has 0 aromatic carbocycles. The molecular weight excluding hydrogens is 534 g/mol. The molecule has 0 aliphatic heterocycles. The van der Waals surface area contributed by atoms with Crippen LogP contribution in [-0.2, 0) is 14.9 Å². The van der Waals surface area contributed by atoms with Crippen LogP contribution in [0.1, 0.15) is 129 Å². The molecule has 2 unspecified atom stereocenters. The average molecular weight is 594 g/mol. The summed E-state index contributed by atoms with van der Waals surface area (Å²) in [6.07, 6.45) is 37.7. The molecule has 0 aromatic heterocycles. The standard InChI is InChI=1S/C34H59NO5S/c1-3-5-7-9-11-13-15-16-17-18-20-22-24-26-28-30-34(37)35-32(31-41(38,39)40)33(36)29-27-25-23-21-19-14-12-10-8-6-4-2/h8,10-11,13,16-17,19,21,27,29,32-33,36H,3-7,9,12,14-15,18,20,22-26,28,30-31H2,1-2H3,(H,35,37)(H,38,39,40)/b10-8+,13-11-,17-16-,21-19+,29-27+. The van der Waals surface area contributed by atoms with Gasteiger partial charge in [0, 0.05) is 6.42 Å². The van der Waals surface area contributed by atoms with Gasteiger partial charge in [-0.1, -0.05) is 113 Å². The van der Waals surface area contributed by atoms with Gasteiger partial charge in [-0.25, -0.2) is 0 Å². The number of hydrogen-bond acceptors (Lipinski definition) is 4. The Bertz CT molecular complexity index is 874. The van der Waals surface area contributed by atoms with Crippen LogP contribution in [-0.4, -0.2) is 41.9 Å². The molecule has 0 saturated carbocycles. The lowest BCUT2D eigenvalue weighted by atomic mass is 10.1. The van der Waals surface area contributed by atoms with Crippen molar-refractivity contribution in [2.75, 3.05) is 5.75 Å². The van der Waals surface area contributed by atoms with Crippen LogP contribution < -0.4 is 5.32 Å². The summed E-state index contributed by atoms with van der Waals surface area (Å²) in [6, 6.07) is -1.09. The van der Waals surface area contributed by atoms with Gasteiger partial charge in [0.2, 0.25) is 5.91 Å². The van der Waals surface area contributed by atoms with Crippen LogP contribution in [0, 0.1) is 0 Å². The van der Waals surface area contributed by atoms with Gasteiger partial charge >= 0.3 is 0 Å². The summed E-state index contributed by atoms with van der Waals surface area (Å²) in [4.78, 5) is 12.4. The van der Waals surface area contributed by atoms with Gasteiger partial charge in [-0.3, -0.25) is 9.35 Å². The van der Waals surface area contributed by atoms with Crippen LogP contribution in [0.3, 0.4) is 0 Å². The first-order chi connectivity index (χ1) is 19.8. The van der Waals surface area contributed by atoms with Gasteiger partial charge in [-0.05, 0) is 70.6 Å². The molecule has 0 spiro atoms. The van der Waals surface area contributed by atoms with Crippen molar-refractivity contribution in [2.45, 2.75) is 142 Å². The minimum Gasteiger partial charge on any atom is -0.387 e. The Morgan fingerprint density at radius 3 is 1.76 bits per heavy atom. The van der Waals surface area contributed by atoms with Crippen molar-refractivity contribution >= 4 is 16.0 Å². The van der Waals surface area contributed by atoms with Crippen molar-refractivity contribution in [3.63, 3.8) is 0 Å². The first-order valence-corrected chi connectivity index (χ1v) is 17.6. The highest BCUT2D eigenvalue weighted by molar-refractivity contribution is 7.85. The number of nitrogens with one attached hydrogen (secondary N) is 1. The summed E-state index contributed by atoms with van der Waals surface area (Å²) < 4.78 is 32.2. The predicted octanol–water partition coefficient (Wildman–Crippen LogP) is 8.56. The maximum Gasteiger partial charge on any atom is 0.267 e. The van der Waals surface area contributed by atoms with Crippen LogP contribution in [0.2, 0.25) is 0 Å². The monoisotopic (exact) mass is 593 g/mol. The van der Waals surface area contributed by atoms with Crippen LogP contribution in [0.4, 0.5) is 0 Å². The van der Waals surface area contributed by atoms with Crippen molar-refractivity contribution in [1.29, 1.82) is 0 Å². The lowest BCUT2D eigenvalue weighted by molar-refractivity contribution is -0.122. The van der Waals surface area contributed by atoms with Crippen molar-refractivity contribution in [3.05, 3.63) is 60.8 Å². The Morgan fingerprint density at radius 2 is 1.17 bits per heavy atom. The van der Waals surface area contributed by atoms with E-state index in [4.69, 9.17) is 0 Å². The molecule has 2 atom stereocenters. The summed E-state index contributed by atoms with van der Waals surface area (Å²) in [6.45, 7) is 4.38. The molecule has 0 aromatic rings. The summed E-state index contributed by atoms with van der Waals surface area (Å²) in [7, 11) is -4.35. The number of carbonyl (C=O) groups excluding carboxylic acids is 1. The third kappa shape index (κ3) is 29.3. The minimum atomic E-state index is -4.35. The van der Waals surface area contributed by atoms with E-state index in [1.54, 1.807) is 6.08 Å². The largest absolute Gasteiger partial charge is 0.387 e. The highest BCUT2D eigenvalue weighted by Gasteiger charge is 2.24. The number of amides is 1. The second kappa shape index (κ2) is 28.2. The fraction of sp³-hybridized carbons (Fsp3) is 0.676. The lowest BCUT2D eigenvalue weighted by Gasteiger charge is -2.21. The van der Waals surface area contributed by atoms with E-state index in [0.717, 1.165) is 70.6 Å². The van der Waals surface area contributed by atoms with Gasteiger partial charge in [-0.2, -0.15) is 8.42 Å². The third-order valence-corrected chi connectivity index (χ3v) is 7.41. The maximum absolute atomic E-state index is 12.4. The third-order valence-electron chi connectivity index (χ3n) is 6.63. The van der Waals surface area contributed by atoms with Gasteiger partial charge < -0.3 is 10.4 Å². The molecule has 0 radical (unpaired) electrons. The van der Waals surface area contributed by atoms with Crippen molar-refractivity contribution < 1.29 is 22.9 Å². The van der Waals surface area contributed by atoms with Crippen LogP contribution in [0.5, 0.6) is 0 Å². The van der Waals surface area contributed by atoms with E-state index < -0.39 is 28.0 Å². The summed E-state index contributed by atoms with van der Waals surface area (Å²) in [5.74, 6) is -1.04. The molecule has 3 N–H and O–H groups in total. The van der Waals surface area contributed by atoms with Gasteiger partial charge in [-0.15, -0.1) is 0 Å². The van der Waals surface area contributed by atoms with Crippen molar-refractivity contribution in [2.24, 2.45) is 0 Å². The molecule has 0 heterocycles. The van der Waals surface area contributed by atoms with Crippen LogP contribution in [0.15, 0.2) is 60.8 Å². The lowest BCUT2D eigenvalue weighted by Crippen LogP contribution is -2.46. The fourth-order valence-corrected chi connectivity index (χ4v) is 4.96. The smallest absolute Gasteiger partial charge is 0.267 e. The minimum absolute atomic E-state index is 0.265. The number of aliphatic hydroxyl groups excluding tert-OH is 1. The molecule has 0 aliphatic rings. The van der Waals surface area contributed by atoms with Crippen LogP contribution in [0.25, 0.3) is 0 Å². The van der Waals surface area contributed by atoms with E-state index in [1.807, 2.05) is 0 Å². The first-order valence-electron chi connectivity index (χ1n) is 16.0. The molecule has 0 saturated heterocycles. The summed E-state index contributed by atoms with van der Waals surface area (Å²) >= 11 is 0. The SMILES string of the molecule is CCC/C=C/CC/C=C/CC/C=C/C(O)C(CS(=O)(=O)O)NC(=O)CCCCCCC/C=C\C/C=C\CCCCC. The Kier molecular flexibility index (Phi) is 26.8. The van der Waals surface area contributed by atoms with E-state index in [2.05, 4.69) is 67.8 Å². The number of rotatable bonds is 27. The molecule has 7 heteroatoms. The molecule has 1 amide bonds. The molecule has 0 bridgehead atoms. The second-order valence-corrected chi connectivity index (χ2v) is 12.2. The van der Waals surface area contributed by atoms with Crippen molar-refractivity contribution in [1.82, 2.24) is 5.32 Å². The highest BCUT2D eigenvalue weighted by atomic mass is 32.2. The van der Waals surface area contributed by atoms with Gasteiger partial charge in [0.25, 0.3) is 10.1 Å². The molecule has 6 nitrogen and oxygen atoms in total. The maximum atomic E-state index is 12.4. The molecule has 0 rings (SSSR count). The average Bonchev–Trinajstić information content (AvgIpc) is 2.92. The summed E-state index contributed by atoms with van der Waals surface area (Å²) in [5, 5.41) is 13.1. The Hall–Kier alpha value is -1.96. The molecular formula is C34H59NO5S. The highest BCUT2D eigenvalue weighted by Crippen LogP contribution is 2.09. The molecule has 236 valence electrons. The van der Waals surface area contributed by atoms with E-state index >= 15 is 0 Å². The Labute approximate surface area is 251 Å². The molecule has 0 fully saturated rings. The molecule has 0 aliphatic carbocycles. The van der Waals surface area contributed by atoms with Gasteiger partial charge in [0.15, 0.2) is 0 Å². The number of allylic oxidation sites excluding steroid dienone is 9. The first kappa shape index (κ1) is 39.0. The predicted molar refractivity (Wildman–Crippen MR) is 175 cm³/mol. The zero-order valence-electron chi connectivity index (χ0n) is 25.9. The van der Waals surface area contributed by atoms with Gasteiger partial charge in [0.05, 0.1) is 17.9 Å². The summed E-state index contributed by atoms with van der Waals surface area (Å²) in [5.41, 5.74) is 0. The number of carbonyl (C=O) groups is 1. The Balaban J connectivity index is 4.17. The van der Waals surface area contributed by atoms with E-state index in [1.165, 1.54) is 31.8 Å². The Morgan fingerprint density at radius 1 is 0.659 bits per heavy atom. The second-order valence-electron chi connectivity index (χ2n) is 10.7. The zero-order valence-corrected chi connectivity index (χ0v) is 26.7. The normalized spacial score (nSPS) is 14.3. The topological polar surface area (TPSA) is 104 Å². The fourth-order valence-electron chi connectivity index (χ4n) is 4.22. The van der Waals surface area contributed by atoms with E-state index in [0.29, 0.717) is 12.8 Å². The van der Waals surface area contributed by atoms with Crippen LogP contribution >= 0.6 is 0 Å². The quantitative estimate of drug-likeness (QED) is 0.0503. The van der Waals surface area contributed by atoms with E-state index in [-0.39, 0.29) is 12.3 Å².